The van der Waals surface area contributed by atoms with Gasteiger partial charge >= 0.3 is 0 Å². The number of benzene rings is 1. The third kappa shape index (κ3) is 4.26. The van der Waals surface area contributed by atoms with Crippen LogP contribution in [-0.2, 0) is 14.8 Å². The molecule has 0 saturated heterocycles. The van der Waals surface area contributed by atoms with Crippen molar-refractivity contribution < 1.29 is 13.2 Å². The summed E-state index contributed by atoms with van der Waals surface area (Å²) in [5.74, 6) is 0.176. The number of carbonyl (C=O) groups excluding carboxylic acids is 1. The van der Waals surface area contributed by atoms with E-state index in [1.165, 1.54) is 25.4 Å². The maximum Gasteiger partial charge on any atom is 0.243 e. The molecule has 28 heavy (non-hydrogen) atoms. The van der Waals surface area contributed by atoms with Gasteiger partial charge in [0.05, 0.1) is 29.0 Å². The highest BCUT2D eigenvalue weighted by Crippen LogP contribution is 2.15. The zero-order chi connectivity index (χ0) is 20.3. The quantitative estimate of drug-likeness (QED) is 0.685. The van der Waals surface area contributed by atoms with E-state index in [9.17, 15) is 13.2 Å². The second kappa shape index (κ2) is 7.91. The molecule has 8 nitrogen and oxygen atoms in total. The van der Waals surface area contributed by atoms with Crippen molar-refractivity contribution in [1.82, 2.24) is 19.1 Å². The van der Waals surface area contributed by atoms with Gasteiger partial charge in [-0.25, -0.2) is 18.1 Å². The van der Waals surface area contributed by atoms with Crippen LogP contribution in [0.2, 0.25) is 0 Å². The number of aromatic nitrogens is 3. The van der Waals surface area contributed by atoms with E-state index in [0.29, 0.717) is 11.5 Å². The van der Waals surface area contributed by atoms with Crippen molar-refractivity contribution >= 4 is 21.6 Å². The fourth-order valence-electron chi connectivity index (χ4n) is 2.71. The maximum absolute atomic E-state index is 12.5. The number of likely N-dealkylation sites (N-methyl/N-ethyl adjacent to an activating group) is 1. The predicted octanol–water partition coefficient (Wildman–Crippen LogP) is 2.14. The van der Waals surface area contributed by atoms with Crippen molar-refractivity contribution in [3.63, 3.8) is 0 Å². The number of aryl methyl sites for hydroxylation is 2. The number of amides is 1. The number of nitrogens with zero attached hydrogens (tertiary/aromatic N) is 4. The second-order valence-electron chi connectivity index (χ2n) is 6.37. The first-order valence-corrected chi connectivity index (χ1v) is 10.0. The van der Waals surface area contributed by atoms with Crippen LogP contribution in [0.3, 0.4) is 0 Å². The minimum atomic E-state index is -3.73. The Morgan fingerprint density at radius 3 is 2.43 bits per heavy atom. The van der Waals surface area contributed by atoms with Gasteiger partial charge in [0.1, 0.15) is 0 Å². The third-order valence-corrected chi connectivity index (χ3v) is 5.89. The highest BCUT2D eigenvalue weighted by molar-refractivity contribution is 7.89. The van der Waals surface area contributed by atoms with Crippen LogP contribution in [-0.4, -0.2) is 47.0 Å². The van der Waals surface area contributed by atoms with Crippen LogP contribution in [0.4, 0.5) is 5.69 Å². The zero-order valence-electron chi connectivity index (χ0n) is 15.8. The fourth-order valence-corrected chi connectivity index (χ4v) is 3.85. The second-order valence-corrected chi connectivity index (χ2v) is 8.41. The lowest BCUT2D eigenvalue weighted by molar-refractivity contribution is -0.116. The van der Waals surface area contributed by atoms with Crippen LogP contribution in [0.25, 0.3) is 5.82 Å². The summed E-state index contributed by atoms with van der Waals surface area (Å²) in [6, 6.07) is 13.4. The fraction of sp³-hybridized carbons (Fsp3) is 0.211. The van der Waals surface area contributed by atoms with E-state index in [0.717, 1.165) is 15.7 Å². The predicted molar refractivity (Wildman–Crippen MR) is 106 cm³/mol. The summed E-state index contributed by atoms with van der Waals surface area (Å²) in [6.45, 7) is 3.52. The minimum absolute atomic E-state index is 0.140. The summed E-state index contributed by atoms with van der Waals surface area (Å²) in [7, 11) is -2.36. The summed E-state index contributed by atoms with van der Waals surface area (Å²) in [4.78, 5) is 16.7. The Morgan fingerprint density at radius 1 is 1.14 bits per heavy atom. The smallest absolute Gasteiger partial charge is 0.243 e. The van der Waals surface area contributed by atoms with E-state index in [-0.39, 0.29) is 11.4 Å². The molecule has 0 bridgehead atoms. The molecule has 0 aliphatic carbocycles. The number of nitrogens with one attached hydrogen (secondary N) is 1. The van der Waals surface area contributed by atoms with Gasteiger partial charge in [-0.3, -0.25) is 4.79 Å². The minimum Gasteiger partial charge on any atom is -0.324 e. The molecule has 0 atom stereocenters. The molecule has 0 unspecified atom stereocenters. The molecule has 0 radical (unpaired) electrons. The first-order chi connectivity index (χ1) is 13.3. The Kier molecular flexibility index (Phi) is 5.57. The number of hydrogen-bond donors (Lipinski definition) is 1. The number of pyridine rings is 1. The van der Waals surface area contributed by atoms with E-state index in [1.807, 2.05) is 19.9 Å². The van der Waals surface area contributed by atoms with Crippen LogP contribution >= 0.6 is 0 Å². The summed E-state index contributed by atoms with van der Waals surface area (Å²) in [5.41, 5.74) is 2.31. The SMILES string of the molecule is Cc1cc(C)n(-c2ccc(NC(=O)CN(C)S(=O)(=O)c3ccccc3)cn2)n1. The molecule has 2 aromatic heterocycles. The van der Waals surface area contributed by atoms with Gasteiger partial charge in [-0.05, 0) is 44.2 Å². The zero-order valence-corrected chi connectivity index (χ0v) is 16.6. The summed E-state index contributed by atoms with van der Waals surface area (Å²) in [6.07, 6.45) is 1.51. The van der Waals surface area contributed by atoms with Gasteiger partial charge < -0.3 is 5.32 Å². The molecule has 1 N–H and O–H groups in total. The van der Waals surface area contributed by atoms with Crippen LogP contribution in [0, 0.1) is 13.8 Å². The van der Waals surface area contributed by atoms with E-state index >= 15 is 0 Å². The van der Waals surface area contributed by atoms with Crippen molar-refractivity contribution in [2.75, 3.05) is 18.9 Å². The molecular weight excluding hydrogens is 378 g/mol. The van der Waals surface area contributed by atoms with Gasteiger partial charge in [-0.15, -0.1) is 0 Å². The van der Waals surface area contributed by atoms with Crippen molar-refractivity contribution in [1.29, 1.82) is 0 Å². The number of sulfonamides is 1. The maximum atomic E-state index is 12.5. The highest BCUT2D eigenvalue weighted by Gasteiger charge is 2.22. The van der Waals surface area contributed by atoms with Crippen LogP contribution < -0.4 is 5.32 Å². The van der Waals surface area contributed by atoms with E-state index in [1.54, 1.807) is 35.0 Å². The van der Waals surface area contributed by atoms with Crippen LogP contribution in [0.15, 0.2) is 59.6 Å². The molecule has 0 saturated carbocycles. The molecule has 0 aliphatic heterocycles. The molecule has 3 rings (SSSR count). The Balaban J connectivity index is 1.66. The molecule has 9 heteroatoms. The Bertz CT molecular complexity index is 1080. The lowest BCUT2D eigenvalue weighted by atomic mass is 10.3. The average Bonchev–Trinajstić information content (AvgIpc) is 3.01. The molecule has 2 heterocycles. The molecule has 146 valence electrons. The molecule has 3 aromatic rings. The lowest BCUT2D eigenvalue weighted by Gasteiger charge is -2.16. The van der Waals surface area contributed by atoms with Gasteiger partial charge in [-0.2, -0.15) is 9.40 Å². The lowest BCUT2D eigenvalue weighted by Crippen LogP contribution is -2.34. The largest absolute Gasteiger partial charge is 0.324 e. The van der Waals surface area contributed by atoms with Crippen molar-refractivity contribution in [2.24, 2.45) is 0 Å². The Morgan fingerprint density at radius 2 is 1.86 bits per heavy atom. The van der Waals surface area contributed by atoms with Gasteiger partial charge in [0.2, 0.25) is 15.9 Å². The van der Waals surface area contributed by atoms with Gasteiger partial charge in [0, 0.05) is 12.7 Å². The van der Waals surface area contributed by atoms with Crippen LogP contribution in [0.1, 0.15) is 11.4 Å². The Labute approximate surface area is 163 Å². The molecule has 0 fully saturated rings. The monoisotopic (exact) mass is 399 g/mol. The third-order valence-electron chi connectivity index (χ3n) is 4.08. The van der Waals surface area contributed by atoms with Crippen molar-refractivity contribution in [3.05, 3.63) is 66.1 Å². The normalized spacial score (nSPS) is 11.6. The molecule has 1 aromatic carbocycles. The van der Waals surface area contributed by atoms with Gasteiger partial charge in [-0.1, -0.05) is 18.2 Å². The molecular formula is C19H21N5O3S. The number of anilines is 1. The summed E-state index contributed by atoms with van der Waals surface area (Å²) >= 11 is 0. The number of hydrogen-bond acceptors (Lipinski definition) is 5. The van der Waals surface area contributed by atoms with Crippen LogP contribution in [0.5, 0.6) is 0 Å². The molecule has 0 aliphatic rings. The Hall–Kier alpha value is -3.04. The summed E-state index contributed by atoms with van der Waals surface area (Å²) in [5, 5.41) is 7.02. The standard InChI is InChI=1S/C19H21N5O3S/c1-14-11-15(2)24(22-14)18-10-9-16(12-20-18)21-19(25)13-23(3)28(26,27)17-7-5-4-6-8-17/h4-12H,13H2,1-3H3,(H,21,25). The van der Waals surface area contributed by atoms with E-state index < -0.39 is 15.9 Å². The number of carbonyl (C=O) groups is 1. The first kappa shape index (κ1) is 19.7. The van der Waals surface area contributed by atoms with Crippen molar-refractivity contribution in [2.45, 2.75) is 18.7 Å². The molecule has 1 amide bonds. The van der Waals surface area contributed by atoms with E-state index in [2.05, 4.69) is 15.4 Å². The highest BCUT2D eigenvalue weighted by atomic mass is 32.2. The average molecular weight is 399 g/mol. The van der Waals surface area contributed by atoms with Gasteiger partial charge in [0.15, 0.2) is 5.82 Å². The topological polar surface area (TPSA) is 97.2 Å². The molecule has 0 spiro atoms. The number of rotatable bonds is 6. The summed E-state index contributed by atoms with van der Waals surface area (Å²) < 4.78 is 27.7. The van der Waals surface area contributed by atoms with Gasteiger partial charge in [0.25, 0.3) is 0 Å². The first-order valence-electron chi connectivity index (χ1n) is 8.58. The van der Waals surface area contributed by atoms with Crippen molar-refractivity contribution in [3.8, 4) is 5.82 Å². The van der Waals surface area contributed by atoms with E-state index in [4.69, 9.17) is 0 Å².